The van der Waals surface area contributed by atoms with Crippen molar-refractivity contribution in [2.24, 2.45) is 0 Å². The molecule has 0 spiro atoms. The van der Waals surface area contributed by atoms with Gasteiger partial charge in [0, 0.05) is 25.4 Å². The molecule has 6 heteroatoms. The fraction of sp³-hybridized carbons (Fsp3) is 0.217. The highest BCUT2D eigenvalue weighted by atomic mass is 16.5. The van der Waals surface area contributed by atoms with Gasteiger partial charge in [0.2, 0.25) is 0 Å². The van der Waals surface area contributed by atoms with Crippen molar-refractivity contribution in [2.45, 2.75) is 13.0 Å². The van der Waals surface area contributed by atoms with Gasteiger partial charge in [-0.05, 0) is 36.2 Å². The van der Waals surface area contributed by atoms with Crippen LogP contribution in [-0.4, -0.2) is 41.4 Å². The number of benzene rings is 2. The number of hydrogen-bond donors (Lipinski definition) is 0. The van der Waals surface area contributed by atoms with Crippen molar-refractivity contribution in [1.29, 1.82) is 0 Å². The lowest BCUT2D eigenvalue weighted by atomic mass is 10.1. The Labute approximate surface area is 171 Å². The second kappa shape index (κ2) is 9.59. The third kappa shape index (κ3) is 5.25. The quantitative estimate of drug-likeness (QED) is 0.523. The van der Waals surface area contributed by atoms with E-state index in [0.29, 0.717) is 18.0 Å². The Balaban J connectivity index is 1.57. The molecule has 0 aliphatic carbocycles. The van der Waals surface area contributed by atoms with Gasteiger partial charge in [0.25, 0.3) is 5.91 Å². The molecular weight excluding hydrogens is 366 g/mol. The van der Waals surface area contributed by atoms with E-state index in [1.165, 1.54) is 0 Å². The largest absolute Gasteiger partial charge is 0.493 e. The van der Waals surface area contributed by atoms with Crippen molar-refractivity contribution in [3.8, 4) is 17.2 Å². The summed E-state index contributed by atoms with van der Waals surface area (Å²) in [6.07, 6.45) is 6.25. The molecule has 0 unspecified atom stereocenters. The molecule has 1 aromatic heterocycles. The molecule has 0 saturated carbocycles. The molecule has 0 fully saturated rings. The van der Waals surface area contributed by atoms with Crippen molar-refractivity contribution in [2.75, 3.05) is 20.8 Å². The topological polar surface area (TPSA) is 56.6 Å². The summed E-state index contributed by atoms with van der Waals surface area (Å²) in [4.78, 5) is 14.1. The van der Waals surface area contributed by atoms with Crippen molar-refractivity contribution < 1.29 is 14.3 Å². The predicted octanol–water partition coefficient (Wildman–Crippen LogP) is 3.65. The van der Waals surface area contributed by atoms with Gasteiger partial charge in [-0.25, -0.2) is 4.68 Å². The number of carbonyl (C=O) groups is 1. The van der Waals surface area contributed by atoms with Crippen LogP contribution in [0.3, 0.4) is 0 Å². The number of carbonyl (C=O) groups excluding carboxylic acids is 1. The van der Waals surface area contributed by atoms with Gasteiger partial charge in [-0.3, -0.25) is 4.79 Å². The Morgan fingerprint density at radius 3 is 2.69 bits per heavy atom. The smallest absolute Gasteiger partial charge is 0.260 e. The third-order valence-electron chi connectivity index (χ3n) is 4.46. The van der Waals surface area contributed by atoms with Crippen molar-refractivity contribution in [3.63, 3.8) is 0 Å². The standard InChI is InChI=1S/C23H25N3O3/c1-4-8-18-11-12-21(22(13-18)28-3)29-17-23(27)25(2)15-19-14-24-26(16-19)20-9-6-5-7-10-20/h4-7,9-14,16H,1,8,15,17H2,2-3H3. The van der Waals surface area contributed by atoms with E-state index < -0.39 is 0 Å². The van der Waals surface area contributed by atoms with Gasteiger partial charge in [0.05, 0.1) is 19.0 Å². The maximum absolute atomic E-state index is 12.5. The summed E-state index contributed by atoms with van der Waals surface area (Å²) in [5, 5.41) is 4.36. The normalized spacial score (nSPS) is 10.4. The Hall–Kier alpha value is -3.54. The van der Waals surface area contributed by atoms with Crippen molar-refractivity contribution >= 4 is 5.91 Å². The van der Waals surface area contributed by atoms with Crippen LogP contribution >= 0.6 is 0 Å². The van der Waals surface area contributed by atoms with Crippen molar-refractivity contribution in [1.82, 2.24) is 14.7 Å². The summed E-state index contributed by atoms with van der Waals surface area (Å²) in [5.41, 5.74) is 2.99. The fourth-order valence-electron chi connectivity index (χ4n) is 2.90. The van der Waals surface area contributed by atoms with E-state index in [2.05, 4.69) is 11.7 Å². The van der Waals surface area contributed by atoms with Crippen LogP contribution in [0.1, 0.15) is 11.1 Å². The number of hydrogen-bond acceptors (Lipinski definition) is 4. The highest BCUT2D eigenvalue weighted by Crippen LogP contribution is 2.28. The van der Waals surface area contributed by atoms with Crippen LogP contribution in [0.15, 0.2) is 73.6 Å². The van der Waals surface area contributed by atoms with Crippen molar-refractivity contribution in [3.05, 3.63) is 84.7 Å². The number of allylic oxidation sites excluding steroid dienone is 1. The number of likely N-dealkylation sites (N-methyl/N-ethyl adjacent to an activating group) is 1. The maximum Gasteiger partial charge on any atom is 0.260 e. The van der Waals surface area contributed by atoms with Gasteiger partial charge in [-0.1, -0.05) is 30.3 Å². The zero-order chi connectivity index (χ0) is 20.6. The summed E-state index contributed by atoms with van der Waals surface area (Å²) in [5.74, 6) is 1.01. The Bertz CT molecular complexity index is 967. The molecule has 0 saturated heterocycles. The molecule has 0 radical (unpaired) electrons. The number of methoxy groups -OCH3 is 1. The molecule has 0 aliphatic heterocycles. The molecule has 1 amide bonds. The molecular formula is C23H25N3O3. The second-order valence-corrected chi connectivity index (χ2v) is 6.65. The number of aromatic nitrogens is 2. The SMILES string of the molecule is C=CCc1ccc(OCC(=O)N(C)Cc2cnn(-c3ccccc3)c2)c(OC)c1. The third-order valence-corrected chi connectivity index (χ3v) is 4.46. The summed E-state index contributed by atoms with van der Waals surface area (Å²) in [6, 6.07) is 15.5. The Morgan fingerprint density at radius 2 is 1.97 bits per heavy atom. The average molecular weight is 391 g/mol. The van der Waals surface area contributed by atoms with E-state index in [9.17, 15) is 4.79 Å². The monoisotopic (exact) mass is 391 g/mol. The lowest BCUT2D eigenvalue weighted by Crippen LogP contribution is -2.30. The van der Waals surface area contributed by atoms with E-state index in [4.69, 9.17) is 9.47 Å². The van der Waals surface area contributed by atoms with Crippen LogP contribution in [0, 0.1) is 0 Å². The van der Waals surface area contributed by atoms with E-state index in [0.717, 1.165) is 23.2 Å². The maximum atomic E-state index is 12.5. The first kappa shape index (κ1) is 20.2. The minimum Gasteiger partial charge on any atom is -0.493 e. The molecule has 2 aromatic carbocycles. The van der Waals surface area contributed by atoms with Gasteiger partial charge >= 0.3 is 0 Å². The van der Waals surface area contributed by atoms with E-state index in [1.807, 2.05) is 60.8 Å². The highest BCUT2D eigenvalue weighted by Gasteiger charge is 2.13. The zero-order valence-corrected chi connectivity index (χ0v) is 16.7. The lowest BCUT2D eigenvalue weighted by Gasteiger charge is -2.17. The molecule has 0 bridgehead atoms. The van der Waals surface area contributed by atoms with E-state index in [1.54, 1.807) is 29.9 Å². The van der Waals surface area contributed by atoms with Crippen LogP contribution in [0.25, 0.3) is 5.69 Å². The van der Waals surface area contributed by atoms with E-state index in [-0.39, 0.29) is 12.5 Å². The summed E-state index contributed by atoms with van der Waals surface area (Å²) in [7, 11) is 3.33. The average Bonchev–Trinajstić information content (AvgIpc) is 3.21. The molecule has 3 aromatic rings. The molecule has 6 nitrogen and oxygen atoms in total. The lowest BCUT2D eigenvalue weighted by molar-refractivity contribution is -0.132. The van der Waals surface area contributed by atoms with Crippen LogP contribution < -0.4 is 9.47 Å². The van der Waals surface area contributed by atoms with Gasteiger partial charge in [0.1, 0.15) is 0 Å². The number of para-hydroxylation sites is 1. The zero-order valence-electron chi connectivity index (χ0n) is 16.7. The first-order chi connectivity index (χ1) is 14.1. The number of amides is 1. The van der Waals surface area contributed by atoms with Crippen LogP contribution in [0.5, 0.6) is 11.5 Å². The van der Waals surface area contributed by atoms with E-state index >= 15 is 0 Å². The number of nitrogens with zero attached hydrogens (tertiary/aromatic N) is 3. The Morgan fingerprint density at radius 1 is 1.17 bits per heavy atom. The van der Waals surface area contributed by atoms with Gasteiger partial charge < -0.3 is 14.4 Å². The minimum absolute atomic E-state index is 0.0690. The molecule has 0 aliphatic rings. The predicted molar refractivity (Wildman–Crippen MR) is 112 cm³/mol. The van der Waals surface area contributed by atoms with Crippen LogP contribution in [-0.2, 0) is 17.8 Å². The molecule has 150 valence electrons. The number of rotatable bonds is 9. The van der Waals surface area contributed by atoms with Gasteiger partial charge in [0.15, 0.2) is 18.1 Å². The summed E-state index contributed by atoms with van der Waals surface area (Å²) >= 11 is 0. The van der Waals surface area contributed by atoms with Gasteiger partial charge in [-0.2, -0.15) is 5.10 Å². The van der Waals surface area contributed by atoms with Gasteiger partial charge in [-0.15, -0.1) is 6.58 Å². The first-order valence-corrected chi connectivity index (χ1v) is 9.34. The first-order valence-electron chi connectivity index (χ1n) is 9.34. The summed E-state index contributed by atoms with van der Waals surface area (Å²) in [6.45, 7) is 4.12. The molecule has 29 heavy (non-hydrogen) atoms. The summed E-state index contributed by atoms with van der Waals surface area (Å²) < 4.78 is 12.9. The minimum atomic E-state index is -0.130. The molecule has 1 heterocycles. The van der Waals surface area contributed by atoms with Crippen LogP contribution in [0.4, 0.5) is 0 Å². The molecule has 3 rings (SSSR count). The number of ether oxygens (including phenoxy) is 2. The highest BCUT2D eigenvalue weighted by molar-refractivity contribution is 5.77. The Kier molecular flexibility index (Phi) is 6.68. The fourth-order valence-corrected chi connectivity index (χ4v) is 2.90. The second-order valence-electron chi connectivity index (χ2n) is 6.65. The molecule has 0 N–H and O–H groups in total. The van der Waals surface area contributed by atoms with Crippen LogP contribution in [0.2, 0.25) is 0 Å². The molecule has 0 atom stereocenters.